The summed E-state index contributed by atoms with van der Waals surface area (Å²) in [4.78, 5) is 0. The Bertz CT molecular complexity index is 624. The molecule has 0 saturated carbocycles. The van der Waals surface area contributed by atoms with Gasteiger partial charge in [0.2, 0.25) is 5.69 Å². The standard InChI is InChI=1S/C19H26N/c1-7-19(4,5)18-15(3)12-13-17(20(18)6)16-11-9-8-10-14(16)2/h8-13H,7H2,1-6H3/q+1. The van der Waals surface area contributed by atoms with Crippen LogP contribution >= 0.6 is 0 Å². The Morgan fingerprint density at radius 3 is 2.20 bits per heavy atom. The van der Waals surface area contributed by atoms with E-state index >= 15 is 0 Å². The van der Waals surface area contributed by atoms with Crippen molar-refractivity contribution in [3.63, 3.8) is 0 Å². The van der Waals surface area contributed by atoms with E-state index in [9.17, 15) is 0 Å². The first-order valence-corrected chi connectivity index (χ1v) is 7.44. The molecule has 2 aromatic rings. The molecule has 1 heteroatoms. The van der Waals surface area contributed by atoms with Crippen molar-refractivity contribution in [2.45, 2.75) is 46.5 Å². The van der Waals surface area contributed by atoms with Gasteiger partial charge < -0.3 is 0 Å². The molecule has 2 rings (SSSR count). The molecule has 0 aliphatic carbocycles. The van der Waals surface area contributed by atoms with Crippen LogP contribution in [0.4, 0.5) is 0 Å². The fourth-order valence-corrected chi connectivity index (χ4v) is 3.07. The smallest absolute Gasteiger partial charge is 0.198 e. The highest BCUT2D eigenvalue weighted by Crippen LogP contribution is 2.29. The fraction of sp³-hybridized carbons (Fsp3) is 0.421. The zero-order valence-corrected chi connectivity index (χ0v) is 13.6. The van der Waals surface area contributed by atoms with Crippen molar-refractivity contribution in [3.8, 4) is 11.3 Å². The van der Waals surface area contributed by atoms with Crippen molar-refractivity contribution < 1.29 is 4.57 Å². The predicted octanol–water partition coefficient (Wildman–Crippen LogP) is 4.48. The number of pyridine rings is 1. The van der Waals surface area contributed by atoms with E-state index in [0.29, 0.717) is 0 Å². The van der Waals surface area contributed by atoms with Gasteiger partial charge in [-0.05, 0) is 51.8 Å². The molecule has 106 valence electrons. The maximum Gasteiger partial charge on any atom is 0.212 e. The zero-order valence-electron chi connectivity index (χ0n) is 13.6. The van der Waals surface area contributed by atoms with Gasteiger partial charge in [0, 0.05) is 22.6 Å². The maximum atomic E-state index is 2.38. The van der Waals surface area contributed by atoms with Crippen LogP contribution in [-0.2, 0) is 12.5 Å². The molecule has 0 saturated heterocycles. The summed E-state index contributed by atoms with van der Waals surface area (Å²) in [5.41, 5.74) is 6.94. The van der Waals surface area contributed by atoms with Gasteiger partial charge in [0.1, 0.15) is 7.05 Å². The van der Waals surface area contributed by atoms with Crippen LogP contribution in [0.2, 0.25) is 0 Å². The van der Waals surface area contributed by atoms with E-state index in [4.69, 9.17) is 0 Å². The topological polar surface area (TPSA) is 3.88 Å². The first-order valence-electron chi connectivity index (χ1n) is 7.44. The molecule has 0 bridgehead atoms. The average Bonchev–Trinajstić information content (AvgIpc) is 2.40. The van der Waals surface area contributed by atoms with Crippen LogP contribution in [0, 0.1) is 13.8 Å². The normalized spacial score (nSPS) is 11.7. The monoisotopic (exact) mass is 268 g/mol. The van der Waals surface area contributed by atoms with Crippen molar-refractivity contribution in [1.82, 2.24) is 0 Å². The van der Waals surface area contributed by atoms with E-state index in [1.54, 1.807) is 0 Å². The highest BCUT2D eigenvalue weighted by molar-refractivity contribution is 5.61. The highest BCUT2D eigenvalue weighted by atomic mass is 15.0. The molecule has 0 N–H and O–H groups in total. The van der Waals surface area contributed by atoms with E-state index in [1.807, 2.05) is 0 Å². The number of aromatic nitrogens is 1. The highest BCUT2D eigenvalue weighted by Gasteiger charge is 2.31. The van der Waals surface area contributed by atoms with Crippen molar-refractivity contribution in [3.05, 3.63) is 53.2 Å². The third-order valence-electron chi connectivity index (χ3n) is 4.51. The molecule has 0 aliphatic heterocycles. The van der Waals surface area contributed by atoms with Gasteiger partial charge in [-0.3, -0.25) is 0 Å². The molecule has 0 radical (unpaired) electrons. The van der Waals surface area contributed by atoms with Gasteiger partial charge in [-0.2, -0.15) is 4.57 Å². The molecule has 0 spiro atoms. The lowest BCUT2D eigenvalue weighted by Crippen LogP contribution is -2.43. The van der Waals surface area contributed by atoms with E-state index in [-0.39, 0.29) is 5.41 Å². The summed E-state index contributed by atoms with van der Waals surface area (Å²) >= 11 is 0. The van der Waals surface area contributed by atoms with Gasteiger partial charge in [-0.25, -0.2) is 0 Å². The van der Waals surface area contributed by atoms with Crippen molar-refractivity contribution in [1.29, 1.82) is 0 Å². The molecule has 20 heavy (non-hydrogen) atoms. The van der Waals surface area contributed by atoms with Crippen LogP contribution in [0.25, 0.3) is 11.3 Å². The summed E-state index contributed by atoms with van der Waals surface area (Å²) in [5, 5.41) is 0. The number of rotatable bonds is 3. The molecular formula is C19H26N+. The largest absolute Gasteiger partial charge is 0.212 e. The Morgan fingerprint density at radius 2 is 1.60 bits per heavy atom. The van der Waals surface area contributed by atoms with Crippen molar-refractivity contribution in [2.75, 3.05) is 0 Å². The second-order valence-electron chi connectivity index (χ2n) is 6.36. The van der Waals surface area contributed by atoms with Gasteiger partial charge in [0.15, 0.2) is 5.69 Å². The van der Waals surface area contributed by atoms with Gasteiger partial charge in [-0.15, -0.1) is 0 Å². The molecular weight excluding hydrogens is 242 g/mol. The Hall–Kier alpha value is -1.63. The van der Waals surface area contributed by atoms with E-state index in [1.165, 1.54) is 28.1 Å². The summed E-state index contributed by atoms with van der Waals surface area (Å²) in [6, 6.07) is 13.1. The number of hydrogen-bond acceptors (Lipinski definition) is 0. The molecule has 0 aliphatic rings. The van der Waals surface area contributed by atoms with Crippen LogP contribution in [0.1, 0.15) is 44.0 Å². The zero-order chi connectivity index (χ0) is 14.9. The number of aryl methyl sites for hydroxylation is 2. The van der Waals surface area contributed by atoms with E-state index in [0.717, 1.165) is 6.42 Å². The van der Waals surface area contributed by atoms with E-state index < -0.39 is 0 Å². The SMILES string of the molecule is CCC(C)(C)c1c(C)ccc(-c2ccccc2C)[n+]1C. The molecule has 1 heterocycles. The first kappa shape index (κ1) is 14.8. The molecule has 0 amide bonds. The van der Waals surface area contributed by atoms with Crippen molar-refractivity contribution in [2.24, 2.45) is 7.05 Å². The fourth-order valence-electron chi connectivity index (χ4n) is 3.07. The first-order chi connectivity index (χ1) is 9.38. The minimum absolute atomic E-state index is 0.192. The van der Waals surface area contributed by atoms with Gasteiger partial charge in [-0.1, -0.05) is 25.1 Å². The molecule has 0 unspecified atom stereocenters. The summed E-state index contributed by atoms with van der Waals surface area (Å²) in [6.45, 7) is 11.3. The summed E-state index contributed by atoms with van der Waals surface area (Å²) in [7, 11) is 2.20. The van der Waals surface area contributed by atoms with E-state index in [2.05, 4.69) is 82.6 Å². The van der Waals surface area contributed by atoms with Crippen LogP contribution in [0.3, 0.4) is 0 Å². The minimum Gasteiger partial charge on any atom is -0.198 e. The lowest BCUT2D eigenvalue weighted by molar-refractivity contribution is -0.672. The average molecular weight is 268 g/mol. The Kier molecular flexibility index (Phi) is 3.99. The summed E-state index contributed by atoms with van der Waals surface area (Å²) in [6.07, 6.45) is 1.14. The number of benzene rings is 1. The summed E-state index contributed by atoms with van der Waals surface area (Å²) in [5.74, 6) is 0. The predicted molar refractivity (Wildman–Crippen MR) is 85.8 cm³/mol. The third kappa shape index (κ3) is 2.49. The molecule has 1 aromatic carbocycles. The minimum atomic E-state index is 0.192. The molecule has 1 nitrogen and oxygen atoms in total. The van der Waals surface area contributed by atoms with Crippen LogP contribution in [0.5, 0.6) is 0 Å². The van der Waals surface area contributed by atoms with Gasteiger partial charge >= 0.3 is 0 Å². The second-order valence-corrected chi connectivity index (χ2v) is 6.36. The Balaban J connectivity index is 2.70. The Morgan fingerprint density at radius 1 is 0.950 bits per heavy atom. The van der Waals surface area contributed by atoms with Crippen LogP contribution in [-0.4, -0.2) is 0 Å². The van der Waals surface area contributed by atoms with Gasteiger partial charge in [0.25, 0.3) is 0 Å². The maximum absolute atomic E-state index is 2.38. The van der Waals surface area contributed by atoms with Crippen LogP contribution in [0.15, 0.2) is 36.4 Å². The lowest BCUT2D eigenvalue weighted by Gasteiger charge is -2.23. The molecule has 0 atom stereocenters. The van der Waals surface area contributed by atoms with Crippen molar-refractivity contribution >= 4 is 0 Å². The van der Waals surface area contributed by atoms with Gasteiger partial charge in [0.05, 0.1) is 0 Å². The number of nitrogens with zero attached hydrogens (tertiary/aromatic N) is 1. The number of hydrogen-bond donors (Lipinski definition) is 0. The molecule has 1 aromatic heterocycles. The third-order valence-corrected chi connectivity index (χ3v) is 4.51. The quantitative estimate of drug-likeness (QED) is 0.722. The second kappa shape index (κ2) is 5.40. The molecule has 0 fully saturated rings. The van der Waals surface area contributed by atoms with Crippen LogP contribution < -0.4 is 4.57 Å². The Labute approximate surface area is 123 Å². The summed E-state index contributed by atoms with van der Waals surface area (Å²) < 4.78 is 2.38. The lowest BCUT2D eigenvalue weighted by atomic mass is 9.83.